The van der Waals surface area contributed by atoms with Crippen molar-refractivity contribution < 1.29 is 8.42 Å². The fraction of sp³-hybridized carbons (Fsp3) is 0.571. The van der Waals surface area contributed by atoms with Crippen LogP contribution in [0.15, 0.2) is 24.3 Å². The van der Waals surface area contributed by atoms with Crippen molar-refractivity contribution in [2.75, 3.05) is 26.4 Å². The van der Waals surface area contributed by atoms with Crippen molar-refractivity contribution in [1.82, 2.24) is 9.62 Å². The molecule has 0 aliphatic carbocycles. The van der Waals surface area contributed by atoms with E-state index in [1.165, 1.54) is 4.31 Å². The SMILES string of the molecule is CNCCCCS(=O)(=O)N(C)C(C)c1ccccc1Cl. The Balaban J connectivity index is 2.73. The van der Waals surface area contributed by atoms with Gasteiger partial charge < -0.3 is 5.32 Å². The van der Waals surface area contributed by atoms with Crippen LogP contribution in [0.3, 0.4) is 0 Å². The number of sulfonamides is 1. The Hall–Kier alpha value is -0.620. The monoisotopic (exact) mass is 318 g/mol. The molecule has 0 saturated carbocycles. The van der Waals surface area contributed by atoms with Crippen molar-refractivity contribution in [3.8, 4) is 0 Å². The van der Waals surface area contributed by atoms with Crippen LogP contribution in [0, 0.1) is 0 Å². The molecular formula is C14H23ClN2O2S. The van der Waals surface area contributed by atoms with Crippen LogP contribution in [-0.2, 0) is 10.0 Å². The molecule has 0 radical (unpaired) electrons. The van der Waals surface area contributed by atoms with E-state index >= 15 is 0 Å². The average Bonchev–Trinajstić information content (AvgIpc) is 2.42. The number of nitrogens with zero attached hydrogens (tertiary/aromatic N) is 1. The van der Waals surface area contributed by atoms with Gasteiger partial charge in [0.15, 0.2) is 0 Å². The highest BCUT2D eigenvalue weighted by Crippen LogP contribution is 2.28. The summed E-state index contributed by atoms with van der Waals surface area (Å²) in [4.78, 5) is 0. The Morgan fingerprint density at radius 2 is 1.95 bits per heavy atom. The van der Waals surface area contributed by atoms with E-state index in [1.54, 1.807) is 13.1 Å². The lowest BCUT2D eigenvalue weighted by atomic mass is 10.1. The third-order valence-electron chi connectivity index (χ3n) is 3.42. The first-order valence-corrected chi connectivity index (χ1v) is 8.73. The fourth-order valence-corrected chi connectivity index (χ4v) is 3.73. The normalized spacial score (nSPS) is 13.7. The van der Waals surface area contributed by atoms with Gasteiger partial charge in [-0.2, -0.15) is 4.31 Å². The summed E-state index contributed by atoms with van der Waals surface area (Å²) in [6.45, 7) is 2.69. The van der Waals surface area contributed by atoms with Gasteiger partial charge in [-0.15, -0.1) is 0 Å². The highest BCUT2D eigenvalue weighted by atomic mass is 35.5. The lowest BCUT2D eigenvalue weighted by Crippen LogP contribution is -2.32. The number of hydrogen-bond donors (Lipinski definition) is 1. The molecule has 1 rings (SSSR count). The molecule has 0 aromatic heterocycles. The highest BCUT2D eigenvalue weighted by molar-refractivity contribution is 7.89. The number of nitrogens with one attached hydrogen (secondary N) is 1. The Morgan fingerprint density at radius 3 is 2.55 bits per heavy atom. The van der Waals surface area contributed by atoms with E-state index in [-0.39, 0.29) is 11.8 Å². The van der Waals surface area contributed by atoms with Crippen LogP contribution >= 0.6 is 11.6 Å². The van der Waals surface area contributed by atoms with Crippen molar-refractivity contribution >= 4 is 21.6 Å². The third kappa shape index (κ3) is 4.74. The maximum absolute atomic E-state index is 12.3. The van der Waals surface area contributed by atoms with Crippen molar-refractivity contribution in [2.24, 2.45) is 0 Å². The van der Waals surface area contributed by atoms with Crippen molar-refractivity contribution in [3.05, 3.63) is 34.9 Å². The minimum absolute atomic E-state index is 0.167. The summed E-state index contributed by atoms with van der Waals surface area (Å²) in [7, 11) is 0.216. The Bertz CT molecular complexity index is 520. The van der Waals surface area contributed by atoms with E-state index in [9.17, 15) is 8.42 Å². The first-order chi connectivity index (χ1) is 9.40. The minimum Gasteiger partial charge on any atom is -0.320 e. The summed E-state index contributed by atoms with van der Waals surface area (Å²) in [5.74, 6) is 0.167. The molecule has 114 valence electrons. The molecule has 4 nitrogen and oxygen atoms in total. The summed E-state index contributed by atoms with van der Waals surface area (Å²) >= 11 is 6.13. The quantitative estimate of drug-likeness (QED) is 0.750. The van der Waals surface area contributed by atoms with E-state index in [2.05, 4.69) is 5.32 Å². The third-order valence-corrected chi connectivity index (χ3v) is 5.76. The van der Waals surface area contributed by atoms with Gasteiger partial charge in [0.2, 0.25) is 10.0 Å². The second-order valence-electron chi connectivity index (χ2n) is 4.84. The van der Waals surface area contributed by atoms with Gasteiger partial charge in [0, 0.05) is 18.1 Å². The van der Waals surface area contributed by atoms with Crippen LogP contribution in [-0.4, -0.2) is 39.1 Å². The molecule has 0 saturated heterocycles. The van der Waals surface area contributed by atoms with E-state index in [0.29, 0.717) is 11.4 Å². The average molecular weight is 319 g/mol. The molecule has 0 aliphatic rings. The molecule has 0 heterocycles. The van der Waals surface area contributed by atoms with Gasteiger partial charge in [-0.05, 0) is 45.0 Å². The van der Waals surface area contributed by atoms with Gasteiger partial charge >= 0.3 is 0 Å². The predicted molar refractivity (Wildman–Crippen MR) is 84.6 cm³/mol. The number of hydrogen-bond acceptors (Lipinski definition) is 3. The van der Waals surface area contributed by atoms with Gasteiger partial charge in [-0.1, -0.05) is 29.8 Å². The summed E-state index contributed by atoms with van der Waals surface area (Å²) < 4.78 is 26.0. The largest absolute Gasteiger partial charge is 0.320 e. The number of benzene rings is 1. The zero-order valence-electron chi connectivity index (χ0n) is 12.3. The predicted octanol–water partition coefficient (Wildman–Crippen LogP) is 2.66. The maximum Gasteiger partial charge on any atom is 0.214 e. The maximum atomic E-state index is 12.3. The van der Waals surface area contributed by atoms with Gasteiger partial charge in [-0.25, -0.2) is 8.42 Å². The smallest absolute Gasteiger partial charge is 0.214 e. The van der Waals surface area contributed by atoms with Gasteiger partial charge in [0.25, 0.3) is 0 Å². The van der Waals surface area contributed by atoms with Crippen molar-refractivity contribution in [3.63, 3.8) is 0 Å². The van der Waals surface area contributed by atoms with Crippen LogP contribution < -0.4 is 5.32 Å². The lowest BCUT2D eigenvalue weighted by molar-refractivity contribution is 0.397. The summed E-state index contributed by atoms with van der Waals surface area (Å²) in [5.41, 5.74) is 0.829. The standard InChI is InChI=1S/C14H23ClN2O2S/c1-12(13-8-4-5-9-14(13)15)17(3)20(18,19)11-7-6-10-16-2/h4-5,8-9,12,16H,6-7,10-11H2,1-3H3. The molecule has 1 N–H and O–H groups in total. The molecule has 0 fully saturated rings. The topological polar surface area (TPSA) is 49.4 Å². The second-order valence-corrected chi connectivity index (χ2v) is 7.40. The molecule has 0 spiro atoms. The van der Waals surface area contributed by atoms with E-state index in [0.717, 1.165) is 18.5 Å². The van der Waals surface area contributed by atoms with Crippen LogP contribution in [0.4, 0.5) is 0 Å². The molecule has 0 amide bonds. The zero-order chi connectivity index (χ0) is 15.2. The van der Waals surface area contributed by atoms with Crippen LogP contribution in [0.25, 0.3) is 0 Å². The first kappa shape index (κ1) is 17.4. The van der Waals surface area contributed by atoms with Crippen molar-refractivity contribution in [2.45, 2.75) is 25.8 Å². The zero-order valence-corrected chi connectivity index (χ0v) is 13.8. The van der Waals surface area contributed by atoms with Crippen LogP contribution in [0.2, 0.25) is 5.02 Å². The van der Waals surface area contributed by atoms with Crippen LogP contribution in [0.5, 0.6) is 0 Å². The van der Waals surface area contributed by atoms with E-state index in [1.807, 2.05) is 32.2 Å². The van der Waals surface area contributed by atoms with Gasteiger partial charge in [-0.3, -0.25) is 0 Å². The van der Waals surface area contributed by atoms with E-state index in [4.69, 9.17) is 11.6 Å². The van der Waals surface area contributed by atoms with Crippen LogP contribution in [0.1, 0.15) is 31.4 Å². The first-order valence-electron chi connectivity index (χ1n) is 6.75. The Morgan fingerprint density at radius 1 is 1.30 bits per heavy atom. The summed E-state index contributed by atoms with van der Waals surface area (Å²) in [5, 5.41) is 3.61. The van der Waals surface area contributed by atoms with E-state index < -0.39 is 10.0 Å². The molecule has 1 aromatic carbocycles. The molecule has 6 heteroatoms. The Kier molecular flexibility index (Phi) is 6.95. The summed E-state index contributed by atoms with van der Waals surface area (Å²) in [6, 6.07) is 7.08. The summed E-state index contributed by atoms with van der Waals surface area (Å²) in [6.07, 6.45) is 1.51. The number of halogens is 1. The second kappa shape index (κ2) is 7.98. The molecular weight excluding hydrogens is 296 g/mol. The number of unbranched alkanes of at least 4 members (excludes halogenated alkanes) is 1. The van der Waals surface area contributed by atoms with Gasteiger partial charge in [0.1, 0.15) is 0 Å². The molecule has 1 aromatic rings. The Labute approximate surface area is 127 Å². The molecule has 1 atom stereocenters. The lowest BCUT2D eigenvalue weighted by Gasteiger charge is -2.25. The molecule has 0 aliphatic heterocycles. The fourth-order valence-electron chi connectivity index (χ4n) is 1.98. The van der Waals surface area contributed by atoms with Crippen molar-refractivity contribution in [1.29, 1.82) is 0 Å². The molecule has 0 bridgehead atoms. The van der Waals surface area contributed by atoms with Gasteiger partial charge in [0.05, 0.1) is 5.75 Å². The number of rotatable bonds is 8. The molecule has 20 heavy (non-hydrogen) atoms. The minimum atomic E-state index is -3.26. The molecule has 1 unspecified atom stereocenters. The highest BCUT2D eigenvalue weighted by Gasteiger charge is 2.24.